The van der Waals surface area contributed by atoms with Gasteiger partial charge in [-0.2, -0.15) is 0 Å². The maximum atomic E-state index is 12.8. The standard InChI is InChI=1S/C62H116NO8P/c1-6-8-10-12-14-16-18-20-22-24-26-28-30-31-33-35-37-39-41-43-45-47-49-51-53-55-62(65)71-60(59-70-72(66,67)69-57-56-63(3,4)5)58-68-61(64)54-52-50-48-46-44-42-40-38-36-34-32-29-27-25-23-21-19-17-15-13-11-9-7-2/h8,10,14,16,20,22,26,28,60H,6-7,9,11-13,15,17-19,21,23-25,27,29-59H2,1-5H3/p+1/b10-8-,16-14-,22-20-,28-26-. The SMILES string of the molecule is CC/C=C\C/C=C\C/C=C\C/C=C\CCCCCCCCCCCCCCC(=O)OC(COC(=O)CCCCCCCCCCCCCCCCCCCCCCCCC)COP(=O)(O)OCC[N+](C)(C)C. The summed E-state index contributed by atoms with van der Waals surface area (Å²) in [4.78, 5) is 35.7. The molecule has 0 aromatic heterocycles. The Kier molecular flexibility index (Phi) is 52.3. The molecule has 0 saturated heterocycles. The van der Waals surface area contributed by atoms with E-state index < -0.39 is 26.5 Å². The lowest BCUT2D eigenvalue weighted by atomic mass is 10.0. The minimum atomic E-state index is -4.39. The third kappa shape index (κ3) is 57.3. The second-order valence-electron chi connectivity index (χ2n) is 21.7. The Hall–Kier alpha value is -2.03. The lowest BCUT2D eigenvalue weighted by Crippen LogP contribution is -2.37. The highest BCUT2D eigenvalue weighted by Crippen LogP contribution is 2.43. The molecular weight excluding hydrogens is 918 g/mol. The molecule has 0 heterocycles. The van der Waals surface area contributed by atoms with E-state index in [0.717, 1.165) is 64.2 Å². The Morgan fingerprint density at radius 2 is 0.792 bits per heavy atom. The number of esters is 2. The van der Waals surface area contributed by atoms with Crippen molar-refractivity contribution in [1.82, 2.24) is 0 Å². The van der Waals surface area contributed by atoms with E-state index in [9.17, 15) is 19.0 Å². The van der Waals surface area contributed by atoms with Gasteiger partial charge in [-0.15, -0.1) is 0 Å². The van der Waals surface area contributed by atoms with Gasteiger partial charge in [0.05, 0.1) is 27.7 Å². The summed E-state index contributed by atoms with van der Waals surface area (Å²) in [6.07, 6.45) is 67.5. The number of nitrogens with zero attached hydrogens (tertiary/aromatic N) is 1. The fraction of sp³-hybridized carbons (Fsp3) is 0.839. The first kappa shape index (κ1) is 70.0. The molecule has 0 amide bonds. The Morgan fingerprint density at radius 1 is 0.444 bits per heavy atom. The molecule has 10 heteroatoms. The second-order valence-corrected chi connectivity index (χ2v) is 23.2. The van der Waals surface area contributed by atoms with Crippen LogP contribution in [0.3, 0.4) is 0 Å². The average molecular weight is 1040 g/mol. The highest BCUT2D eigenvalue weighted by Gasteiger charge is 2.27. The van der Waals surface area contributed by atoms with Crippen LogP contribution in [0.2, 0.25) is 0 Å². The maximum absolute atomic E-state index is 12.8. The topological polar surface area (TPSA) is 108 Å². The average Bonchev–Trinajstić information content (AvgIpc) is 3.34. The lowest BCUT2D eigenvalue weighted by Gasteiger charge is -2.24. The zero-order chi connectivity index (χ0) is 52.7. The van der Waals surface area contributed by atoms with Gasteiger partial charge in [-0.25, -0.2) is 4.57 Å². The molecule has 0 bridgehead atoms. The number of unbranched alkanes of at least 4 members (excludes halogenated alkanes) is 34. The number of rotatable bonds is 56. The smallest absolute Gasteiger partial charge is 0.462 e. The number of ether oxygens (including phenoxy) is 2. The largest absolute Gasteiger partial charge is 0.472 e. The molecule has 0 aliphatic rings. The summed E-state index contributed by atoms with van der Waals surface area (Å²) < 4.78 is 34.6. The summed E-state index contributed by atoms with van der Waals surface area (Å²) in [7, 11) is 1.49. The van der Waals surface area contributed by atoms with Crippen LogP contribution in [0.15, 0.2) is 48.6 Å². The number of carbonyl (C=O) groups excluding carboxylic acids is 2. The molecule has 0 rings (SSSR count). The molecule has 0 aromatic carbocycles. The van der Waals surface area contributed by atoms with Gasteiger partial charge in [0.2, 0.25) is 0 Å². The van der Waals surface area contributed by atoms with E-state index in [1.165, 1.54) is 186 Å². The number of hydrogen-bond acceptors (Lipinski definition) is 7. The number of allylic oxidation sites excluding steroid dienone is 8. The molecular formula is C62H117NO8P+. The van der Waals surface area contributed by atoms with Crippen molar-refractivity contribution in [2.45, 2.75) is 290 Å². The summed E-state index contributed by atoms with van der Waals surface area (Å²) in [5.41, 5.74) is 0. The molecule has 2 atom stereocenters. The summed E-state index contributed by atoms with van der Waals surface area (Å²) in [6, 6.07) is 0. The summed E-state index contributed by atoms with van der Waals surface area (Å²) in [5.74, 6) is -0.786. The van der Waals surface area contributed by atoms with Crippen molar-refractivity contribution in [3.05, 3.63) is 48.6 Å². The molecule has 0 saturated carbocycles. The third-order valence-electron chi connectivity index (χ3n) is 13.4. The third-order valence-corrected chi connectivity index (χ3v) is 14.4. The molecule has 2 unspecified atom stereocenters. The fourth-order valence-corrected chi connectivity index (χ4v) is 9.46. The van der Waals surface area contributed by atoms with Crippen LogP contribution in [-0.2, 0) is 32.7 Å². The Morgan fingerprint density at radius 3 is 1.18 bits per heavy atom. The van der Waals surface area contributed by atoms with Crippen molar-refractivity contribution in [3.8, 4) is 0 Å². The van der Waals surface area contributed by atoms with Gasteiger partial charge in [-0.3, -0.25) is 18.6 Å². The van der Waals surface area contributed by atoms with Crippen LogP contribution >= 0.6 is 7.82 Å². The molecule has 0 radical (unpaired) electrons. The lowest BCUT2D eigenvalue weighted by molar-refractivity contribution is -0.870. The summed E-state index contributed by atoms with van der Waals surface area (Å²) in [6.45, 7) is 4.37. The number of hydrogen-bond donors (Lipinski definition) is 1. The predicted molar refractivity (Wildman–Crippen MR) is 307 cm³/mol. The Labute approximate surface area is 445 Å². The zero-order valence-corrected chi connectivity index (χ0v) is 48.8. The molecule has 0 aliphatic carbocycles. The van der Waals surface area contributed by atoms with E-state index in [2.05, 4.69) is 62.5 Å². The van der Waals surface area contributed by atoms with Crippen LogP contribution in [-0.4, -0.2) is 74.9 Å². The number of phosphoric ester groups is 1. The van der Waals surface area contributed by atoms with E-state index in [1.54, 1.807) is 0 Å². The highest BCUT2D eigenvalue weighted by atomic mass is 31.2. The van der Waals surface area contributed by atoms with Crippen LogP contribution in [0.1, 0.15) is 284 Å². The van der Waals surface area contributed by atoms with Crippen LogP contribution in [0, 0.1) is 0 Å². The quantitative estimate of drug-likeness (QED) is 0.0211. The molecule has 0 aromatic rings. The second kappa shape index (κ2) is 53.8. The highest BCUT2D eigenvalue weighted by molar-refractivity contribution is 7.47. The molecule has 422 valence electrons. The minimum Gasteiger partial charge on any atom is -0.462 e. The van der Waals surface area contributed by atoms with Crippen molar-refractivity contribution >= 4 is 19.8 Å². The van der Waals surface area contributed by atoms with Crippen LogP contribution in [0.25, 0.3) is 0 Å². The van der Waals surface area contributed by atoms with Crippen LogP contribution in [0.5, 0.6) is 0 Å². The normalized spacial score (nSPS) is 13.6. The van der Waals surface area contributed by atoms with Gasteiger partial charge in [-0.1, -0.05) is 268 Å². The first-order chi connectivity index (χ1) is 35.0. The fourth-order valence-electron chi connectivity index (χ4n) is 8.72. The van der Waals surface area contributed by atoms with Crippen molar-refractivity contribution < 1.29 is 42.1 Å². The molecule has 72 heavy (non-hydrogen) atoms. The monoisotopic (exact) mass is 1030 g/mol. The van der Waals surface area contributed by atoms with E-state index >= 15 is 0 Å². The van der Waals surface area contributed by atoms with Gasteiger partial charge in [0.15, 0.2) is 6.10 Å². The Balaban J connectivity index is 4.11. The molecule has 0 fully saturated rings. The predicted octanol–water partition coefficient (Wildman–Crippen LogP) is 18.9. The van der Waals surface area contributed by atoms with Gasteiger partial charge in [0.25, 0.3) is 0 Å². The van der Waals surface area contributed by atoms with Crippen LogP contribution < -0.4 is 0 Å². The molecule has 9 nitrogen and oxygen atoms in total. The summed E-state index contributed by atoms with van der Waals surface area (Å²) >= 11 is 0. The number of quaternary nitrogens is 1. The van der Waals surface area contributed by atoms with Crippen molar-refractivity contribution in [3.63, 3.8) is 0 Å². The van der Waals surface area contributed by atoms with Crippen molar-refractivity contribution in [1.29, 1.82) is 0 Å². The Bertz CT molecular complexity index is 1360. The van der Waals surface area contributed by atoms with E-state index in [1.807, 2.05) is 21.1 Å². The van der Waals surface area contributed by atoms with Gasteiger partial charge in [0.1, 0.15) is 19.8 Å². The van der Waals surface area contributed by atoms with Crippen molar-refractivity contribution in [2.24, 2.45) is 0 Å². The first-order valence-electron chi connectivity index (χ1n) is 30.4. The number of likely N-dealkylation sites (N-methyl/N-ethyl adjacent to an activating group) is 1. The van der Waals surface area contributed by atoms with Crippen LogP contribution in [0.4, 0.5) is 0 Å². The van der Waals surface area contributed by atoms with E-state index in [4.69, 9.17) is 18.5 Å². The molecule has 1 N–H and O–H groups in total. The van der Waals surface area contributed by atoms with Gasteiger partial charge in [0, 0.05) is 12.8 Å². The van der Waals surface area contributed by atoms with Crippen molar-refractivity contribution in [2.75, 3.05) is 47.5 Å². The zero-order valence-electron chi connectivity index (χ0n) is 47.9. The maximum Gasteiger partial charge on any atom is 0.472 e. The van der Waals surface area contributed by atoms with E-state index in [0.29, 0.717) is 23.9 Å². The molecule has 0 aliphatic heterocycles. The van der Waals surface area contributed by atoms with Gasteiger partial charge < -0.3 is 18.9 Å². The first-order valence-corrected chi connectivity index (χ1v) is 31.9. The summed E-state index contributed by atoms with van der Waals surface area (Å²) in [5, 5.41) is 0. The number of phosphoric acid groups is 1. The van der Waals surface area contributed by atoms with E-state index in [-0.39, 0.29) is 25.6 Å². The minimum absolute atomic E-state index is 0.0322. The van der Waals surface area contributed by atoms with Gasteiger partial charge >= 0.3 is 19.8 Å². The molecule has 0 spiro atoms. The number of carbonyl (C=O) groups is 2. The van der Waals surface area contributed by atoms with Gasteiger partial charge in [-0.05, 0) is 51.4 Å².